The molecule has 6 heteroatoms. The Hall–Kier alpha value is -1.27. The third-order valence-electron chi connectivity index (χ3n) is 3.73. The van der Waals surface area contributed by atoms with Gasteiger partial charge in [-0.1, -0.05) is 6.07 Å². The molecule has 0 amide bonds. The molecule has 1 heterocycles. The van der Waals surface area contributed by atoms with Gasteiger partial charge in [0.1, 0.15) is 0 Å². The highest BCUT2D eigenvalue weighted by molar-refractivity contribution is 5.56. The molecule has 0 aliphatic carbocycles. The van der Waals surface area contributed by atoms with Crippen molar-refractivity contribution < 1.29 is 23.4 Å². The Morgan fingerprint density at radius 1 is 1.25 bits per heavy atom. The third-order valence-corrected chi connectivity index (χ3v) is 3.73. The van der Waals surface area contributed by atoms with Crippen LogP contribution < -0.4 is 4.90 Å². The topological polar surface area (TPSA) is 43.7 Å². The van der Waals surface area contributed by atoms with Crippen molar-refractivity contribution in [2.75, 3.05) is 18.0 Å². The number of halogens is 3. The van der Waals surface area contributed by atoms with E-state index < -0.39 is 23.9 Å². The van der Waals surface area contributed by atoms with Crippen LogP contribution in [0, 0.1) is 0 Å². The normalized spacial score (nSPS) is 19.2. The summed E-state index contributed by atoms with van der Waals surface area (Å²) in [5, 5.41) is 18.9. The number of hydrogen-bond donors (Lipinski definition) is 2. The van der Waals surface area contributed by atoms with Gasteiger partial charge in [-0.15, -0.1) is 0 Å². The van der Waals surface area contributed by atoms with Crippen molar-refractivity contribution in [2.45, 2.75) is 38.1 Å². The number of alkyl halides is 3. The van der Waals surface area contributed by atoms with Crippen molar-refractivity contribution in [1.29, 1.82) is 0 Å². The quantitative estimate of drug-likeness (QED) is 0.879. The lowest BCUT2D eigenvalue weighted by molar-refractivity contribution is -0.137. The first-order valence-electron chi connectivity index (χ1n) is 6.51. The van der Waals surface area contributed by atoms with Crippen molar-refractivity contribution in [3.05, 3.63) is 29.3 Å². The van der Waals surface area contributed by atoms with Gasteiger partial charge in [0, 0.05) is 18.8 Å². The summed E-state index contributed by atoms with van der Waals surface area (Å²) in [7, 11) is 0. The number of aliphatic hydroxyl groups is 2. The summed E-state index contributed by atoms with van der Waals surface area (Å²) < 4.78 is 39.3. The lowest BCUT2D eigenvalue weighted by Gasteiger charge is -2.38. The second-order valence-electron chi connectivity index (χ2n) is 5.49. The van der Waals surface area contributed by atoms with Crippen LogP contribution in [0.2, 0.25) is 0 Å². The van der Waals surface area contributed by atoms with Gasteiger partial charge in [0.15, 0.2) is 0 Å². The maximum absolute atomic E-state index is 13.1. The Labute approximate surface area is 115 Å². The van der Waals surface area contributed by atoms with Crippen LogP contribution >= 0.6 is 0 Å². The van der Waals surface area contributed by atoms with Crippen LogP contribution in [0.3, 0.4) is 0 Å². The average molecular weight is 289 g/mol. The predicted octanol–water partition coefficient (Wildman–Crippen LogP) is 2.55. The lowest BCUT2D eigenvalue weighted by atomic mass is 9.93. The highest BCUT2D eigenvalue weighted by Gasteiger charge is 2.37. The third kappa shape index (κ3) is 3.24. The van der Waals surface area contributed by atoms with E-state index in [4.69, 9.17) is 5.11 Å². The monoisotopic (exact) mass is 289 g/mol. The first kappa shape index (κ1) is 15.1. The number of hydrogen-bond acceptors (Lipinski definition) is 3. The molecule has 2 rings (SSSR count). The standard InChI is InChI=1S/C14H18F3NO2/c1-13(20)4-6-18(7-5-13)12-3-2-10(9-19)8-11(12)14(15,16)17/h2-3,8,19-20H,4-7,9H2,1H3. The molecule has 1 aliphatic heterocycles. The van der Waals surface area contributed by atoms with Crippen LogP contribution in [0.5, 0.6) is 0 Å². The van der Waals surface area contributed by atoms with Crippen molar-refractivity contribution in [3.8, 4) is 0 Å². The molecule has 0 aromatic heterocycles. The van der Waals surface area contributed by atoms with E-state index >= 15 is 0 Å². The van der Waals surface area contributed by atoms with E-state index in [1.54, 1.807) is 11.8 Å². The van der Waals surface area contributed by atoms with Gasteiger partial charge in [0.2, 0.25) is 0 Å². The molecule has 20 heavy (non-hydrogen) atoms. The molecule has 1 aliphatic rings. The molecule has 0 saturated carbocycles. The molecule has 0 spiro atoms. The van der Waals surface area contributed by atoms with Crippen molar-refractivity contribution in [3.63, 3.8) is 0 Å². The fourth-order valence-corrected chi connectivity index (χ4v) is 2.41. The largest absolute Gasteiger partial charge is 0.418 e. The van der Waals surface area contributed by atoms with Gasteiger partial charge in [-0.3, -0.25) is 0 Å². The first-order valence-corrected chi connectivity index (χ1v) is 6.51. The van der Waals surface area contributed by atoms with Gasteiger partial charge in [-0.2, -0.15) is 13.2 Å². The Morgan fingerprint density at radius 2 is 1.85 bits per heavy atom. The Kier molecular flexibility index (Phi) is 3.97. The number of piperidine rings is 1. The zero-order valence-electron chi connectivity index (χ0n) is 11.2. The predicted molar refractivity (Wildman–Crippen MR) is 69.4 cm³/mol. The zero-order valence-corrected chi connectivity index (χ0v) is 11.2. The average Bonchev–Trinajstić information content (AvgIpc) is 2.37. The second-order valence-corrected chi connectivity index (χ2v) is 5.49. The Bertz CT molecular complexity index is 476. The highest BCUT2D eigenvalue weighted by atomic mass is 19.4. The van der Waals surface area contributed by atoms with Crippen LogP contribution in [0.1, 0.15) is 30.9 Å². The molecule has 0 bridgehead atoms. The number of benzene rings is 1. The van der Waals surface area contributed by atoms with Gasteiger partial charge in [-0.05, 0) is 37.5 Å². The van der Waals surface area contributed by atoms with Crippen LogP contribution in [-0.2, 0) is 12.8 Å². The summed E-state index contributed by atoms with van der Waals surface area (Å²) >= 11 is 0. The van der Waals surface area contributed by atoms with E-state index in [2.05, 4.69) is 0 Å². The van der Waals surface area contributed by atoms with E-state index in [9.17, 15) is 18.3 Å². The molecular formula is C14H18F3NO2. The minimum atomic E-state index is -4.46. The molecule has 1 aromatic carbocycles. The SMILES string of the molecule is CC1(O)CCN(c2ccc(CO)cc2C(F)(F)F)CC1. The van der Waals surface area contributed by atoms with Gasteiger partial charge in [0.05, 0.1) is 17.8 Å². The molecule has 3 nitrogen and oxygen atoms in total. The van der Waals surface area contributed by atoms with Crippen molar-refractivity contribution in [1.82, 2.24) is 0 Å². The van der Waals surface area contributed by atoms with Gasteiger partial charge >= 0.3 is 6.18 Å². The minimum Gasteiger partial charge on any atom is -0.392 e. The van der Waals surface area contributed by atoms with Crippen LogP contribution in [-0.4, -0.2) is 28.9 Å². The summed E-state index contributed by atoms with van der Waals surface area (Å²) in [6, 6.07) is 3.88. The summed E-state index contributed by atoms with van der Waals surface area (Å²) in [6.07, 6.45) is -3.58. The van der Waals surface area contributed by atoms with Crippen LogP contribution in [0.25, 0.3) is 0 Å². The van der Waals surface area contributed by atoms with E-state index in [0.717, 1.165) is 6.07 Å². The van der Waals surface area contributed by atoms with E-state index in [0.29, 0.717) is 25.9 Å². The second kappa shape index (κ2) is 5.26. The summed E-state index contributed by atoms with van der Waals surface area (Å²) in [6.45, 7) is 2.05. The van der Waals surface area contributed by atoms with E-state index in [-0.39, 0.29) is 11.3 Å². The molecule has 0 atom stereocenters. The van der Waals surface area contributed by atoms with Crippen LogP contribution in [0.4, 0.5) is 18.9 Å². The van der Waals surface area contributed by atoms with E-state index in [1.807, 2.05) is 0 Å². The molecule has 0 radical (unpaired) electrons. The smallest absolute Gasteiger partial charge is 0.392 e. The zero-order chi connectivity index (χ0) is 15.0. The maximum Gasteiger partial charge on any atom is 0.418 e. The summed E-state index contributed by atoms with van der Waals surface area (Å²) in [5.41, 5.74) is -1.18. The van der Waals surface area contributed by atoms with Crippen molar-refractivity contribution >= 4 is 5.69 Å². The van der Waals surface area contributed by atoms with Gasteiger partial charge in [0.25, 0.3) is 0 Å². The Balaban J connectivity index is 2.32. The fraction of sp³-hybridized carbons (Fsp3) is 0.571. The van der Waals surface area contributed by atoms with Gasteiger partial charge in [-0.25, -0.2) is 0 Å². The minimum absolute atomic E-state index is 0.116. The first-order chi connectivity index (χ1) is 9.23. The molecule has 0 unspecified atom stereocenters. The molecule has 1 saturated heterocycles. The Morgan fingerprint density at radius 3 is 2.35 bits per heavy atom. The number of nitrogens with zero attached hydrogens (tertiary/aromatic N) is 1. The number of aliphatic hydroxyl groups excluding tert-OH is 1. The molecule has 2 N–H and O–H groups in total. The molecule has 1 aromatic rings. The maximum atomic E-state index is 13.1. The highest BCUT2D eigenvalue weighted by Crippen LogP contribution is 2.38. The molecule has 1 fully saturated rings. The molecule has 112 valence electrons. The number of anilines is 1. The summed E-state index contributed by atoms with van der Waals surface area (Å²) in [5.74, 6) is 0. The van der Waals surface area contributed by atoms with Crippen molar-refractivity contribution in [2.24, 2.45) is 0 Å². The number of rotatable bonds is 2. The van der Waals surface area contributed by atoms with E-state index in [1.165, 1.54) is 12.1 Å². The fourth-order valence-electron chi connectivity index (χ4n) is 2.41. The molecular weight excluding hydrogens is 271 g/mol. The van der Waals surface area contributed by atoms with Gasteiger partial charge < -0.3 is 15.1 Å². The lowest BCUT2D eigenvalue weighted by Crippen LogP contribution is -2.43. The summed E-state index contributed by atoms with van der Waals surface area (Å²) in [4.78, 5) is 1.64. The van der Waals surface area contributed by atoms with Crippen LogP contribution in [0.15, 0.2) is 18.2 Å².